The van der Waals surface area contributed by atoms with Gasteiger partial charge in [-0.2, -0.15) is 0 Å². The molecule has 1 saturated carbocycles. The standard InChI is InChI=1S/C18H25N3O5/c1-9(22)11-6-5-7-12(8-11)19-13-14-18(10(2)23,21-15(24)20-14)17(4,26)16(13,3)25/h5-8,10,13-14,19,23,25-26H,1-4H3,(H2,20,21,24)/t10?,13?,14-,16+,17-,18-/m0/s1. The first-order valence-electron chi connectivity index (χ1n) is 8.54. The van der Waals surface area contributed by atoms with Gasteiger partial charge in [0.15, 0.2) is 5.78 Å². The molecule has 1 saturated heterocycles. The largest absolute Gasteiger partial charge is 0.391 e. The number of fused-ring (bicyclic) bond motifs is 1. The van der Waals surface area contributed by atoms with Crippen LogP contribution in [0.25, 0.3) is 0 Å². The molecule has 1 aliphatic carbocycles. The SMILES string of the molecule is CC(=O)c1cccc(NC2[C@@H]3NC(=O)N[C@]3(C(C)O)[C@@](C)(O)[C@]2(C)O)c1. The number of benzene rings is 1. The number of amides is 2. The van der Waals surface area contributed by atoms with Crippen LogP contribution in [-0.2, 0) is 0 Å². The van der Waals surface area contributed by atoms with E-state index in [4.69, 9.17) is 0 Å². The number of nitrogens with one attached hydrogen (secondary N) is 3. The molecule has 8 heteroatoms. The Balaban J connectivity index is 2.05. The van der Waals surface area contributed by atoms with Gasteiger partial charge in [-0.05, 0) is 39.8 Å². The number of Topliss-reactive ketones (excluding diaryl/α,β-unsaturated/α-hetero) is 1. The summed E-state index contributed by atoms with van der Waals surface area (Å²) in [5, 5.41) is 41.1. The molecule has 1 heterocycles. The molecule has 26 heavy (non-hydrogen) atoms. The predicted octanol–water partition coefficient (Wildman–Crippen LogP) is -0.0137. The van der Waals surface area contributed by atoms with Crippen molar-refractivity contribution < 1.29 is 24.9 Å². The van der Waals surface area contributed by atoms with Crippen molar-refractivity contribution in [1.29, 1.82) is 0 Å². The second-order valence-electron chi connectivity index (χ2n) is 7.60. The minimum atomic E-state index is -1.84. The number of aliphatic hydroxyl groups is 3. The van der Waals surface area contributed by atoms with Crippen LogP contribution in [0.2, 0.25) is 0 Å². The van der Waals surface area contributed by atoms with E-state index < -0.39 is 41.0 Å². The van der Waals surface area contributed by atoms with Crippen LogP contribution in [0.5, 0.6) is 0 Å². The van der Waals surface area contributed by atoms with Crippen LogP contribution in [0, 0.1) is 0 Å². The number of hydrogen-bond donors (Lipinski definition) is 6. The van der Waals surface area contributed by atoms with Crippen LogP contribution in [0.1, 0.15) is 38.1 Å². The summed E-state index contributed by atoms with van der Waals surface area (Å²) in [7, 11) is 0. The van der Waals surface area contributed by atoms with E-state index in [0.29, 0.717) is 11.3 Å². The van der Waals surface area contributed by atoms with Gasteiger partial charge in [0.1, 0.15) is 16.7 Å². The average Bonchev–Trinajstić information content (AvgIpc) is 2.95. The second kappa shape index (κ2) is 5.67. The molecule has 6 N–H and O–H groups in total. The van der Waals surface area contributed by atoms with Crippen LogP contribution < -0.4 is 16.0 Å². The fourth-order valence-corrected chi connectivity index (χ4v) is 4.38. The van der Waals surface area contributed by atoms with Gasteiger partial charge in [0.05, 0.1) is 18.2 Å². The maximum atomic E-state index is 12.0. The van der Waals surface area contributed by atoms with Gasteiger partial charge in [-0.1, -0.05) is 12.1 Å². The number of carbonyl (C=O) groups is 2. The third kappa shape index (κ3) is 2.26. The Morgan fingerprint density at radius 2 is 1.96 bits per heavy atom. The van der Waals surface area contributed by atoms with Gasteiger partial charge in [0.25, 0.3) is 0 Å². The summed E-state index contributed by atoms with van der Waals surface area (Å²) in [6.45, 7) is 5.77. The quantitative estimate of drug-likeness (QED) is 0.417. The summed E-state index contributed by atoms with van der Waals surface area (Å²) in [5.74, 6) is -0.104. The highest BCUT2D eigenvalue weighted by atomic mass is 16.4. The molecule has 6 atom stereocenters. The Kier molecular flexibility index (Phi) is 4.06. The molecule has 2 unspecified atom stereocenters. The van der Waals surface area contributed by atoms with E-state index in [0.717, 1.165) is 0 Å². The Morgan fingerprint density at radius 1 is 1.31 bits per heavy atom. The van der Waals surface area contributed by atoms with Gasteiger partial charge in [-0.15, -0.1) is 0 Å². The minimum absolute atomic E-state index is 0.104. The second-order valence-corrected chi connectivity index (χ2v) is 7.60. The highest BCUT2D eigenvalue weighted by Crippen LogP contribution is 2.50. The molecule has 0 bridgehead atoms. The fourth-order valence-electron chi connectivity index (χ4n) is 4.38. The van der Waals surface area contributed by atoms with Gasteiger partial charge in [0.2, 0.25) is 0 Å². The number of anilines is 1. The third-order valence-electron chi connectivity index (χ3n) is 6.08. The molecule has 2 fully saturated rings. The summed E-state index contributed by atoms with van der Waals surface area (Å²) < 4.78 is 0. The Hall–Kier alpha value is -2.16. The summed E-state index contributed by atoms with van der Waals surface area (Å²) in [6.07, 6.45) is -1.14. The minimum Gasteiger partial charge on any atom is -0.391 e. The zero-order valence-electron chi connectivity index (χ0n) is 15.2. The summed E-state index contributed by atoms with van der Waals surface area (Å²) in [4.78, 5) is 23.6. The van der Waals surface area contributed by atoms with E-state index in [1.807, 2.05) is 0 Å². The first-order chi connectivity index (χ1) is 11.9. The third-order valence-corrected chi connectivity index (χ3v) is 6.08. The number of urea groups is 1. The first-order valence-corrected chi connectivity index (χ1v) is 8.54. The van der Waals surface area contributed by atoms with Crippen molar-refractivity contribution in [3.05, 3.63) is 29.8 Å². The van der Waals surface area contributed by atoms with Gasteiger partial charge in [-0.25, -0.2) is 4.79 Å². The van der Waals surface area contributed by atoms with Crippen LogP contribution >= 0.6 is 0 Å². The fraction of sp³-hybridized carbons (Fsp3) is 0.556. The smallest absolute Gasteiger partial charge is 0.315 e. The van der Waals surface area contributed by atoms with Gasteiger partial charge in [0, 0.05) is 11.3 Å². The molecule has 0 aromatic heterocycles. The molecular formula is C18H25N3O5. The lowest BCUT2D eigenvalue weighted by Crippen LogP contribution is -2.70. The number of aliphatic hydroxyl groups excluding tert-OH is 1. The molecule has 0 spiro atoms. The van der Waals surface area contributed by atoms with Gasteiger partial charge < -0.3 is 31.3 Å². The molecule has 0 radical (unpaired) electrons. The maximum Gasteiger partial charge on any atom is 0.315 e. The van der Waals surface area contributed by atoms with Gasteiger partial charge in [-0.3, -0.25) is 4.79 Å². The number of carbonyl (C=O) groups excluding carboxylic acids is 2. The van der Waals surface area contributed by atoms with E-state index >= 15 is 0 Å². The highest BCUT2D eigenvalue weighted by molar-refractivity contribution is 5.95. The van der Waals surface area contributed by atoms with Crippen molar-refractivity contribution in [2.75, 3.05) is 5.32 Å². The molecule has 2 amide bonds. The first kappa shape index (κ1) is 18.6. The van der Waals surface area contributed by atoms with Crippen molar-refractivity contribution in [3.63, 3.8) is 0 Å². The molecule has 2 aliphatic rings. The zero-order chi connectivity index (χ0) is 19.5. The van der Waals surface area contributed by atoms with Crippen molar-refractivity contribution in [1.82, 2.24) is 10.6 Å². The highest BCUT2D eigenvalue weighted by Gasteiger charge is 2.77. The molecule has 1 aliphatic heterocycles. The van der Waals surface area contributed by atoms with E-state index in [1.165, 1.54) is 27.7 Å². The van der Waals surface area contributed by atoms with Crippen molar-refractivity contribution in [2.24, 2.45) is 0 Å². The molecule has 1 aromatic rings. The molecule has 1 aromatic carbocycles. The summed E-state index contributed by atoms with van der Waals surface area (Å²) >= 11 is 0. The Bertz CT molecular complexity index is 761. The van der Waals surface area contributed by atoms with Crippen LogP contribution in [0.4, 0.5) is 10.5 Å². The lowest BCUT2D eigenvalue weighted by Gasteiger charge is -2.45. The number of ketones is 1. The topological polar surface area (TPSA) is 131 Å². The molecule has 3 rings (SSSR count). The van der Waals surface area contributed by atoms with Gasteiger partial charge >= 0.3 is 6.03 Å². The van der Waals surface area contributed by atoms with E-state index in [-0.39, 0.29) is 5.78 Å². The maximum absolute atomic E-state index is 12.0. The van der Waals surface area contributed by atoms with Crippen LogP contribution in [0.15, 0.2) is 24.3 Å². The zero-order valence-corrected chi connectivity index (χ0v) is 15.2. The normalized spacial score (nSPS) is 39.7. The number of rotatable bonds is 4. The van der Waals surface area contributed by atoms with E-state index in [1.54, 1.807) is 24.3 Å². The van der Waals surface area contributed by atoms with Crippen LogP contribution in [-0.4, -0.2) is 62.1 Å². The van der Waals surface area contributed by atoms with Crippen molar-refractivity contribution in [2.45, 2.75) is 62.6 Å². The Morgan fingerprint density at radius 3 is 2.54 bits per heavy atom. The molecule has 8 nitrogen and oxygen atoms in total. The van der Waals surface area contributed by atoms with E-state index in [2.05, 4.69) is 16.0 Å². The lowest BCUT2D eigenvalue weighted by atomic mass is 9.74. The summed E-state index contributed by atoms with van der Waals surface area (Å²) in [6, 6.07) is 4.60. The average molecular weight is 363 g/mol. The van der Waals surface area contributed by atoms with E-state index in [9.17, 15) is 24.9 Å². The predicted molar refractivity (Wildman–Crippen MR) is 95.0 cm³/mol. The van der Waals surface area contributed by atoms with Crippen LogP contribution in [0.3, 0.4) is 0 Å². The van der Waals surface area contributed by atoms with Crippen molar-refractivity contribution >= 4 is 17.5 Å². The molecule has 142 valence electrons. The molecular weight excluding hydrogens is 338 g/mol. The Labute approximate surface area is 151 Å². The lowest BCUT2D eigenvalue weighted by molar-refractivity contribution is -0.160. The summed E-state index contributed by atoms with van der Waals surface area (Å²) in [5.41, 5.74) is -3.98. The monoisotopic (exact) mass is 363 g/mol. The number of hydrogen-bond acceptors (Lipinski definition) is 6. The van der Waals surface area contributed by atoms with Crippen molar-refractivity contribution in [3.8, 4) is 0 Å².